The van der Waals surface area contributed by atoms with E-state index in [2.05, 4.69) is 5.10 Å². The van der Waals surface area contributed by atoms with Crippen molar-refractivity contribution >= 4 is 11.6 Å². The minimum absolute atomic E-state index is 0.298. The predicted molar refractivity (Wildman–Crippen MR) is 62.4 cm³/mol. The minimum atomic E-state index is -0.298. The summed E-state index contributed by atoms with van der Waals surface area (Å²) in [6.07, 6.45) is 3.25. The van der Waals surface area contributed by atoms with Crippen LogP contribution >= 0.6 is 11.6 Å². The molecule has 0 amide bonds. The third kappa shape index (κ3) is 1.74. The van der Waals surface area contributed by atoms with E-state index in [0.29, 0.717) is 5.02 Å². The minimum Gasteiger partial charge on any atom is -0.469 e. The zero-order valence-corrected chi connectivity index (χ0v) is 10.0. The van der Waals surface area contributed by atoms with Crippen LogP contribution in [0.25, 0.3) is 0 Å². The van der Waals surface area contributed by atoms with Gasteiger partial charge in [-0.2, -0.15) is 5.10 Å². The van der Waals surface area contributed by atoms with Crippen molar-refractivity contribution in [3.8, 4) is 0 Å². The van der Waals surface area contributed by atoms with Crippen molar-refractivity contribution < 1.29 is 4.42 Å². The quantitative estimate of drug-likeness (QED) is 0.895. The first kappa shape index (κ1) is 11.2. The molecule has 0 aromatic carbocycles. The van der Waals surface area contributed by atoms with Gasteiger partial charge < -0.3 is 10.2 Å². The predicted octanol–water partition coefficient (Wildman–Crippen LogP) is 2.51. The molecule has 0 spiro atoms. The summed E-state index contributed by atoms with van der Waals surface area (Å²) in [7, 11) is 0. The summed E-state index contributed by atoms with van der Waals surface area (Å²) >= 11 is 6.09. The Balaban J connectivity index is 2.44. The highest BCUT2D eigenvalue weighted by molar-refractivity contribution is 6.31. The fraction of sp³-hybridized carbons (Fsp3) is 0.364. The van der Waals surface area contributed by atoms with E-state index in [4.69, 9.17) is 21.8 Å². The fourth-order valence-electron chi connectivity index (χ4n) is 1.80. The Morgan fingerprint density at radius 1 is 1.62 bits per heavy atom. The van der Waals surface area contributed by atoms with Crippen LogP contribution in [0.3, 0.4) is 0 Å². The zero-order chi connectivity index (χ0) is 11.7. The molecule has 16 heavy (non-hydrogen) atoms. The summed E-state index contributed by atoms with van der Waals surface area (Å²) in [5, 5.41) is 4.76. The monoisotopic (exact) mass is 239 g/mol. The lowest BCUT2D eigenvalue weighted by atomic mass is 10.1. The van der Waals surface area contributed by atoms with Gasteiger partial charge in [-0.3, -0.25) is 4.68 Å². The molecular weight excluding hydrogens is 226 g/mol. The average molecular weight is 240 g/mol. The first-order valence-corrected chi connectivity index (χ1v) is 5.53. The largest absolute Gasteiger partial charge is 0.469 e. The molecule has 1 unspecified atom stereocenters. The number of hydrogen-bond donors (Lipinski definition) is 1. The second-order valence-electron chi connectivity index (χ2n) is 3.60. The number of furan rings is 1. The van der Waals surface area contributed by atoms with Crippen molar-refractivity contribution in [1.82, 2.24) is 9.78 Å². The van der Waals surface area contributed by atoms with Crippen molar-refractivity contribution in [3.63, 3.8) is 0 Å². The molecule has 4 nitrogen and oxygen atoms in total. The Hall–Kier alpha value is -1.26. The highest BCUT2D eigenvalue weighted by atomic mass is 35.5. The Morgan fingerprint density at radius 3 is 2.94 bits per heavy atom. The molecule has 86 valence electrons. The van der Waals surface area contributed by atoms with Gasteiger partial charge in [0.25, 0.3) is 0 Å². The van der Waals surface area contributed by atoms with E-state index in [1.54, 1.807) is 17.1 Å². The molecule has 0 radical (unpaired) electrons. The van der Waals surface area contributed by atoms with E-state index in [9.17, 15) is 0 Å². The van der Waals surface area contributed by atoms with E-state index >= 15 is 0 Å². The molecule has 2 aromatic heterocycles. The lowest BCUT2D eigenvalue weighted by Gasteiger charge is -2.13. The van der Waals surface area contributed by atoms with Crippen molar-refractivity contribution in [1.29, 1.82) is 0 Å². The van der Waals surface area contributed by atoms with Crippen LogP contribution in [0.2, 0.25) is 5.02 Å². The lowest BCUT2D eigenvalue weighted by molar-refractivity contribution is 0.524. The van der Waals surface area contributed by atoms with Crippen molar-refractivity contribution in [3.05, 3.63) is 40.6 Å². The molecule has 0 aliphatic carbocycles. The van der Waals surface area contributed by atoms with Gasteiger partial charge in [-0.15, -0.1) is 0 Å². The summed E-state index contributed by atoms with van der Waals surface area (Å²) in [4.78, 5) is 0. The van der Waals surface area contributed by atoms with Gasteiger partial charge in [-0.25, -0.2) is 0 Å². The normalized spacial score (nSPS) is 13.0. The molecule has 2 heterocycles. The number of nitrogens with zero attached hydrogens (tertiary/aromatic N) is 2. The van der Waals surface area contributed by atoms with E-state index in [1.807, 2.05) is 19.9 Å². The average Bonchev–Trinajstić information content (AvgIpc) is 2.83. The highest BCUT2D eigenvalue weighted by Crippen LogP contribution is 2.28. The van der Waals surface area contributed by atoms with Gasteiger partial charge in [-0.1, -0.05) is 11.6 Å². The first-order chi connectivity index (χ1) is 7.65. The van der Waals surface area contributed by atoms with E-state index in [0.717, 1.165) is 23.6 Å². The van der Waals surface area contributed by atoms with Gasteiger partial charge in [0.05, 0.1) is 29.2 Å². The van der Waals surface area contributed by atoms with Crippen LogP contribution in [0, 0.1) is 6.92 Å². The summed E-state index contributed by atoms with van der Waals surface area (Å²) < 4.78 is 7.05. The topological polar surface area (TPSA) is 57.0 Å². The van der Waals surface area contributed by atoms with E-state index in [-0.39, 0.29) is 6.04 Å². The van der Waals surface area contributed by atoms with Gasteiger partial charge in [0.15, 0.2) is 0 Å². The number of hydrogen-bond acceptors (Lipinski definition) is 3. The molecule has 0 aliphatic heterocycles. The smallest absolute Gasteiger partial charge is 0.105 e. The Bertz CT molecular complexity index is 489. The number of nitrogens with two attached hydrogens (primary N) is 1. The summed E-state index contributed by atoms with van der Waals surface area (Å²) in [5.41, 5.74) is 7.95. The fourth-order valence-corrected chi connectivity index (χ4v) is 2.06. The maximum atomic E-state index is 6.18. The van der Waals surface area contributed by atoms with Crippen LogP contribution < -0.4 is 5.73 Å². The SMILES string of the molecule is CCn1ncc(Cl)c1C(N)c1ccoc1C. The molecule has 2 aromatic rings. The number of aryl methyl sites for hydroxylation is 2. The van der Waals surface area contributed by atoms with Gasteiger partial charge in [0.1, 0.15) is 5.76 Å². The Morgan fingerprint density at radius 2 is 2.38 bits per heavy atom. The first-order valence-electron chi connectivity index (χ1n) is 5.16. The molecule has 0 fully saturated rings. The number of rotatable bonds is 3. The van der Waals surface area contributed by atoms with Gasteiger partial charge in [-0.05, 0) is 19.9 Å². The van der Waals surface area contributed by atoms with Crippen LogP contribution in [-0.4, -0.2) is 9.78 Å². The van der Waals surface area contributed by atoms with Crippen LogP contribution in [-0.2, 0) is 6.54 Å². The highest BCUT2D eigenvalue weighted by Gasteiger charge is 2.20. The van der Waals surface area contributed by atoms with Gasteiger partial charge in [0, 0.05) is 12.1 Å². The molecule has 0 saturated carbocycles. The summed E-state index contributed by atoms with van der Waals surface area (Å²) in [5.74, 6) is 0.812. The number of aromatic nitrogens is 2. The maximum absolute atomic E-state index is 6.18. The summed E-state index contributed by atoms with van der Waals surface area (Å²) in [6.45, 7) is 4.63. The Labute approximate surface area is 99.0 Å². The molecule has 2 N–H and O–H groups in total. The lowest BCUT2D eigenvalue weighted by Crippen LogP contribution is -2.17. The van der Waals surface area contributed by atoms with Crippen molar-refractivity contribution in [2.24, 2.45) is 5.73 Å². The molecular formula is C11H14ClN3O. The van der Waals surface area contributed by atoms with Crippen LogP contribution in [0.15, 0.2) is 22.9 Å². The van der Waals surface area contributed by atoms with Crippen LogP contribution in [0.5, 0.6) is 0 Å². The van der Waals surface area contributed by atoms with Crippen LogP contribution in [0.4, 0.5) is 0 Å². The molecule has 1 atom stereocenters. The van der Waals surface area contributed by atoms with E-state index in [1.165, 1.54) is 0 Å². The zero-order valence-electron chi connectivity index (χ0n) is 9.27. The van der Waals surface area contributed by atoms with Gasteiger partial charge in [0.2, 0.25) is 0 Å². The van der Waals surface area contributed by atoms with E-state index < -0.39 is 0 Å². The number of halogens is 1. The molecule has 2 rings (SSSR count). The molecule has 0 bridgehead atoms. The van der Waals surface area contributed by atoms with Crippen LogP contribution in [0.1, 0.15) is 30.0 Å². The summed E-state index contributed by atoms with van der Waals surface area (Å²) in [6, 6.07) is 1.57. The second kappa shape index (κ2) is 4.31. The van der Waals surface area contributed by atoms with Crippen molar-refractivity contribution in [2.45, 2.75) is 26.4 Å². The third-order valence-corrected chi connectivity index (χ3v) is 2.95. The standard InChI is InChI=1S/C11H14ClN3O/c1-3-15-11(9(12)6-14-15)10(13)8-4-5-16-7(8)2/h4-6,10H,3,13H2,1-2H3. The molecule has 0 saturated heterocycles. The molecule has 0 aliphatic rings. The second-order valence-corrected chi connectivity index (χ2v) is 4.01. The maximum Gasteiger partial charge on any atom is 0.105 e. The Kier molecular flexibility index (Phi) is 3.03. The molecule has 5 heteroatoms. The van der Waals surface area contributed by atoms with Gasteiger partial charge >= 0.3 is 0 Å². The van der Waals surface area contributed by atoms with Crippen molar-refractivity contribution in [2.75, 3.05) is 0 Å². The third-order valence-electron chi connectivity index (χ3n) is 2.66.